The molecule has 1 aliphatic rings. The van der Waals surface area contributed by atoms with Crippen molar-refractivity contribution in [2.24, 2.45) is 5.92 Å². The zero-order valence-corrected chi connectivity index (χ0v) is 8.21. The van der Waals surface area contributed by atoms with Gasteiger partial charge in [0.15, 0.2) is 0 Å². The van der Waals surface area contributed by atoms with Gasteiger partial charge in [-0.15, -0.1) is 0 Å². The van der Waals surface area contributed by atoms with E-state index in [2.05, 4.69) is 18.0 Å². The Balaban J connectivity index is 2.41. The average molecular weight is 177 g/mol. The fourth-order valence-electron chi connectivity index (χ4n) is 1.99. The Bertz CT molecular complexity index is 295. The second-order valence-electron chi connectivity index (χ2n) is 3.81. The van der Waals surface area contributed by atoms with E-state index < -0.39 is 0 Å². The van der Waals surface area contributed by atoms with Crippen molar-refractivity contribution in [1.29, 1.82) is 0 Å². The van der Waals surface area contributed by atoms with Crippen LogP contribution >= 0.6 is 0 Å². The third kappa shape index (κ3) is 1.53. The summed E-state index contributed by atoms with van der Waals surface area (Å²) in [5, 5.41) is 0. The molecule has 0 aliphatic heterocycles. The van der Waals surface area contributed by atoms with E-state index in [0.717, 1.165) is 18.2 Å². The van der Waals surface area contributed by atoms with Crippen LogP contribution in [-0.4, -0.2) is 12.1 Å². The van der Waals surface area contributed by atoms with Gasteiger partial charge >= 0.3 is 0 Å². The van der Waals surface area contributed by atoms with E-state index in [0.29, 0.717) is 0 Å². The number of rotatable bonds is 1. The first kappa shape index (κ1) is 8.54. The Morgan fingerprint density at radius 1 is 1.54 bits per heavy atom. The second kappa shape index (κ2) is 3.36. The fraction of sp³-hybridized carbons (Fsp3) is 0.545. The van der Waals surface area contributed by atoms with Gasteiger partial charge in [0.2, 0.25) is 5.88 Å². The van der Waals surface area contributed by atoms with Gasteiger partial charge in [0.05, 0.1) is 7.11 Å². The van der Waals surface area contributed by atoms with E-state index in [4.69, 9.17) is 4.74 Å². The van der Waals surface area contributed by atoms with Crippen molar-refractivity contribution < 1.29 is 4.74 Å². The summed E-state index contributed by atoms with van der Waals surface area (Å²) in [6.07, 6.45) is 5.43. The van der Waals surface area contributed by atoms with Crippen LogP contribution in [0.2, 0.25) is 0 Å². The maximum atomic E-state index is 5.25. The lowest BCUT2D eigenvalue weighted by atomic mass is 9.86. The van der Waals surface area contributed by atoms with Crippen LogP contribution < -0.4 is 4.74 Å². The number of pyridine rings is 1. The normalized spacial score (nSPS) is 20.9. The van der Waals surface area contributed by atoms with Crippen LogP contribution in [-0.2, 0) is 12.8 Å². The molecule has 1 atom stereocenters. The van der Waals surface area contributed by atoms with Gasteiger partial charge in [-0.25, -0.2) is 4.98 Å². The van der Waals surface area contributed by atoms with Gasteiger partial charge in [0, 0.05) is 11.8 Å². The number of aromatic nitrogens is 1. The molecule has 0 aromatic carbocycles. The van der Waals surface area contributed by atoms with Crippen molar-refractivity contribution in [2.75, 3.05) is 7.11 Å². The molecule has 0 radical (unpaired) electrons. The van der Waals surface area contributed by atoms with E-state index in [-0.39, 0.29) is 0 Å². The average Bonchev–Trinajstić information content (AvgIpc) is 2.17. The highest BCUT2D eigenvalue weighted by molar-refractivity contribution is 5.36. The number of hydrogen-bond donors (Lipinski definition) is 0. The number of aryl methyl sites for hydroxylation is 1. The molecular weight excluding hydrogens is 162 g/mol. The summed E-state index contributed by atoms with van der Waals surface area (Å²) in [5.74, 6) is 1.59. The predicted octanol–water partition coefficient (Wildman–Crippen LogP) is 2.21. The van der Waals surface area contributed by atoms with Crippen LogP contribution in [0.25, 0.3) is 0 Å². The van der Waals surface area contributed by atoms with Gasteiger partial charge < -0.3 is 4.74 Å². The number of hydrogen-bond acceptors (Lipinski definition) is 2. The highest BCUT2D eigenvalue weighted by atomic mass is 16.5. The van der Waals surface area contributed by atoms with E-state index in [1.165, 1.54) is 24.0 Å². The molecule has 0 spiro atoms. The minimum atomic E-state index is 0.769. The summed E-state index contributed by atoms with van der Waals surface area (Å²) in [5.41, 5.74) is 2.74. The first-order valence-corrected chi connectivity index (χ1v) is 4.82. The van der Waals surface area contributed by atoms with Gasteiger partial charge in [-0.2, -0.15) is 0 Å². The van der Waals surface area contributed by atoms with Crippen molar-refractivity contribution >= 4 is 0 Å². The summed E-state index contributed by atoms with van der Waals surface area (Å²) in [6, 6.07) is 2.11. The van der Waals surface area contributed by atoms with Crippen molar-refractivity contribution in [2.45, 2.75) is 26.2 Å². The highest BCUT2D eigenvalue weighted by Crippen LogP contribution is 2.30. The van der Waals surface area contributed by atoms with Gasteiger partial charge in [0.1, 0.15) is 0 Å². The Morgan fingerprint density at radius 3 is 3.15 bits per heavy atom. The van der Waals surface area contributed by atoms with Gasteiger partial charge in [0.25, 0.3) is 0 Å². The third-order valence-corrected chi connectivity index (χ3v) is 2.77. The molecule has 13 heavy (non-hydrogen) atoms. The smallest absolute Gasteiger partial charge is 0.216 e. The number of fused-ring (bicyclic) bond motifs is 1. The zero-order chi connectivity index (χ0) is 9.26. The van der Waals surface area contributed by atoms with Gasteiger partial charge in [-0.1, -0.05) is 6.92 Å². The maximum absolute atomic E-state index is 5.25. The molecule has 1 aliphatic carbocycles. The van der Waals surface area contributed by atoms with Crippen molar-refractivity contribution in [3.05, 3.63) is 23.4 Å². The van der Waals surface area contributed by atoms with Gasteiger partial charge in [-0.3, -0.25) is 0 Å². The highest BCUT2D eigenvalue weighted by Gasteiger charge is 2.18. The van der Waals surface area contributed by atoms with Crippen LogP contribution in [0.4, 0.5) is 0 Å². The van der Waals surface area contributed by atoms with E-state index in [1.54, 1.807) is 7.11 Å². The van der Waals surface area contributed by atoms with Crippen molar-refractivity contribution in [3.8, 4) is 5.88 Å². The van der Waals surface area contributed by atoms with Crippen LogP contribution in [0.5, 0.6) is 5.88 Å². The molecule has 1 aromatic rings. The minimum absolute atomic E-state index is 0.769. The molecule has 2 rings (SSSR count). The van der Waals surface area contributed by atoms with Crippen molar-refractivity contribution in [1.82, 2.24) is 4.98 Å². The molecule has 0 fully saturated rings. The molecule has 2 heteroatoms. The molecule has 1 heterocycles. The molecule has 0 amide bonds. The fourth-order valence-corrected chi connectivity index (χ4v) is 1.99. The first-order valence-electron chi connectivity index (χ1n) is 4.82. The van der Waals surface area contributed by atoms with Crippen LogP contribution in [0.15, 0.2) is 12.3 Å². The monoisotopic (exact) mass is 177 g/mol. The topological polar surface area (TPSA) is 22.1 Å². The standard InChI is InChI=1S/C11H15NO/c1-8-3-4-9-5-6-12-11(13-2)10(9)7-8/h5-6,8H,3-4,7H2,1-2H3. The van der Waals surface area contributed by atoms with Crippen molar-refractivity contribution in [3.63, 3.8) is 0 Å². The predicted molar refractivity (Wildman–Crippen MR) is 52.0 cm³/mol. The second-order valence-corrected chi connectivity index (χ2v) is 3.81. The lowest BCUT2D eigenvalue weighted by Gasteiger charge is -2.22. The van der Waals surface area contributed by atoms with E-state index in [9.17, 15) is 0 Å². The summed E-state index contributed by atoms with van der Waals surface area (Å²) in [6.45, 7) is 2.29. The van der Waals surface area contributed by atoms with Crippen LogP contribution in [0.3, 0.4) is 0 Å². The Kier molecular flexibility index (Phi) is 2.21. The minimum Gasteiger partial charge on any atom is -0.481 e. The van der Waals surface area contributed by atoms with Crippen LogP contribution in [0.1, 0.15) is 24.5 Å². The number of nitrogens with zero attached hydrogens (tertiary/aromatic N) is 1. The molecule has 2 nitrogen and oxygen atoms in total. The maximum Gasteiger partial charge on any atom is 0.216 e. The third-order valence-electron chi connectivity index (χ3n) is 2.77. The summed E-state index contributed by atoms with van der Waals surface area (Å²) in [4.78, 5) is 4.22. The Morgan fingerprint density at radius 2 is 2.38 bits per heavy atom. The molecular formula is C11H15NO. The zero-order valence-electron chi connectivity index (χ0n) is 8.21. The van der Waals surface area contributed by atoms with E-state index >= 15 is 0 Å². The SMILES string of the molecule is COc1nccc2c1CC(C)CC2. The summed E-state index contributed by atoms with van der Waals surface area (Å²) >= 11 is 0. The molecule has 0 saturated carbocycles. The molecule has 0 saturated heterocycles. The molecule has 1 aromatic heterocycles. The number of ether oxygens (including phenoxy) is 1. The lowest BCUT2D eigenvalue weighted by Crippen LogP contribution is -2.13. The Hall–Kier alpha value is -1.05. The molecule has 1 unspecified atom stereocenters. The summed E-state index contributed by atoms with van der Waals surface area (Å²) < 4.78 is 5.25. The molecule has 0 bridgehead atoms. The first-order chi connectivity index (χ1) is 6.31. The largest absolute Gasteiger partial charge is 0.481 e. The lowest BCUT2D eigenvalue weighted by molar-refractivity contribution is 0.380. The number of methoxy groups -OCH3 is 1. The molecule has 70 valence electrons. The molecule has 0 N–H and O–H groups in total. The quantitative estimate of drug-likeness (QED) is 0.656. The summed E-state index contributed by atoms with van der Waals surface area (Å²) in [7, 11) is 1.70. The van der Waals surface area contributed by atoms with E-state index in [1.807, 2.05) is 6.20 Å². The van der Waals surface area contributed by atoms with Gasteiger partial charge in [-0.05, 0) is 36.8 Å². The van der Waals surface area contributed by atoms with Crippen LogP contribution in [0, 0.1) is 5.92 Å². The Labute approximate surface area is 78.9 Å².